The molecule has 2 aliphatic rings. The van der Waals surface area contributed by atoms with Crippen LogP contribution in [0.3, 0.4) is 0 Å². The van der Waals surface area contributed by atoms with E-state index in [9.17, 15) is 58.5 Å². The number of carboxylic acid groups (broad SMARTS) is 1. The van der Waals surface area contributed by atoms with E-state index in [-0.39, 0.29) is 22.5 Å². The summed E-state index contributed by atoms with van der Waals surface area (Å²) in [5, 5.41) is 51.4. The summed E-state index contributed by atoms with van der Waals surface area (Å²) in [5.41, 5.74) is 6.02. The lowest BCUT2D eigenvalue weighted by atomic mass is 10.1. The van der Waals surface area contributed by atoms with E-state index in [4.69, 9.17) is 24.8 Å². The summed E-state index contributed by atoms with van der Waals surface area (Å²) in [5.74, 6) is -4.02. The number of aliphatic carboxylic acids is 1. The summed E-state index contributed by atoms with van der Waals surface area (Å²) < 4.78 is 64.2. The van der Waals surface area contributed by atoms with Crippen molar-refractivity contribution >= 4 is 46.2 Å². The fourth-order valence-electron chi connectivity index (χ4n) is 5.14. The number of ether oxygens (including phenoxy) is 2. The zero-order valence-electron chi connectivity index (χ0n) is 24.4. The maximum Gasteiger partial charge on any atom is 0.479 e. The number of imidazole rings is 1. The zero-order valence-corrected chi connectivity index (χ0v) is 27.1. The molecule has 2 saturated heterocycles. The molecule has 0 saturated carbocycles. The van der Waals surface area contributed by atoms with Gasteiger partial charge in [-0.1, -0.05) is 0 Å². The molecule has 5 rings (SSSR count). The maximum atomic E-state index is 12.9. The maximum absolute atomic E-state index is 12.9. The number of fused-ring (bicyclic) bond motifs is 1. The average molecular weight is 759 g/mol. The molecule has 270 valence electrons. The van der Waals surface area contributed by atoms with Crippen LogP contribution < -0.4 is 10.3 Å². The van der Waals surface area contributed by atoms with Crippen molar-refractivity contribution in [1.82, 2.24) is 19.5 Å². The van der Waals surface area contributed by atoms with Crippen molar-refractivity contribution in [2.45, 2.75) is 61.3 Å². The summed E-state index contributed by atoms with van der Waals surface area (Å²) in [7, 11) is -16.7. The van der Waals surface area contributed by atoms with Crippen LogP contribution in [0, 0.1) is 0 Å². The number of phosphoric ester groups is 2. The molecular weight excluding hydrogens is 729 g/mol. The van der Waals surface area contributed by atoms with E-state index in [0.717, 1.165) is 21.8 Å². The number of pyridine rings is 1. The van der Waals surface area contributed by atoms with Gasteiger partial charge in [-0.2, -0.15) is 4.57 Å². The Morgan fingerprint density at radius 2 is 1.78 bits per heavy atom. The number of nitrogens with two attached hydrogens (primary N) is 1. The molecule has 2 fully saturated rings. The first-order valence-electron chi connectivity index (χ1n) is 13.7. The first-order valence-corrected chi connectivity index (χ1v) is 18.4. The number of hydrogen-bond donors (Lipinski definition) is 10. The fourth-order valence-corrected chi connectivity index (χ4v) is 8.40. The smallest absolute Gasteiger partial charge is 0.479 e. The molecule has 3 aromatic heterocycles. The van der Waals surface area contributed by atoms with Gasteiger partial charge in [-0.3, -0.25) is 23.0 Å². The SMILES string of the molecule is Nc1ncnc2c1ncn2[C@@H]1O[C@H](COP(=O)(O)OP(=O)(O)C(O)[C@@H]2O[C@@H]([n+]3cccc(CC(=O)O)c3)[C@H](O)[C@@H]2O)[C@@H](O)[C@H]1OP(=O)(O)O. The molecule has 0 radical (unpaired) electrons. The Morgan fingerprint density at radius 3 is 2.45 bits per heavy atom. The van der Waals surface area contributed by atoms with Crippen LogP contribution in [0.1, 0.15) is 18.0 Å². The van der Waals surface area contributed by atoms with E-state index >= 15 is 0 Å². The van der Waals surface area contributed by atoms with Gasteiger partial charge in [0, 0.05) is 11.6 Å². The lowest BCUT2D eigenvalue weighted by molar-refractivity contribution is -0.766. The van der Waals surface area contributed by atoms with Crippen molar-refractivity contribution in [3.63, 3.8) is 0 Å². The highest BCUT2D eigenvalue weighted by Gasteiger charge is 2.57. The summed E-state index contributed by atoms with van der Waals surface area (Å²) in [6.07, 6.45) is -10.5. The minimum absolute atomic E-state index is 0.0213. The highest BCUT2D eigenvalue weighted by atomic mass is 31.3. The molecule has 0 bridgehead atoms. The molecule has 3 unspecified atom stereocenters. The predicted molar refractivity (Wildman–Crippen MR) is 153 cm³/mol. The number of nitrogens with zero attached hydrogens (tertiary/aromatic N) is 5. The number of aliphatic hydroxyl groups is 4. The first-order chi connectivity index (χ1) is 22.8. The molecule has 0 amide bonds. The number of phosphoric acid groups is 2. The van der Waals surface area contributed by atoms with Crippen LogP contribution in [-0.4, -0.2) is 120 Å². The lowest BCUT2D eigenvalue weighted by Gasteiger charge is -2.25. The number of hydrogen-bond acceptors (Lipinski definition) is 17. The van der Waals surface area contributed by atoms with E-state index in [0.29, 0.717) is 0 Å². The van der Waals surface area contributed by atoms with Gasteiger partial charge >= 0.3 is 29.2 Å². The van der Waals surface area contributed by atoms with E-state index in [1.54, 1.807) is 0 Å². The van der Waals surface area contributed by atoms with Crippen LogP contribution in [0.15, 0.2) is 37.2 Å². The monoisotopic (exact) mass is 759 g/mol. The van der Waals surface area contributed by atoms with E-state index < -0.39 is 97.2 Å². The number of aromatic nitrogens is 5. The molecule has 11 atom stereocenters. The van der Waals surface area contributed by atoms with Crippen molar-refractivity contribution < 1.29 is 91.0 Å². The molecule has 5 heterocycles. The van der Waals surface area contributed by atoms with Gasteiger partial charge in [0.05, 0.1) is 19.4 Å². The Balaban J connectivity index is 1.27. The molecule has 2 aliphatic heterocycles. The van der Waals surface area contributed by atoms with Gasteiger partial charge in [0.1, 0.15) is 42.4 Å². The Bertz CT molecular complexity index is 1840. The second-order valence-electron chi connectivity index (χ2n) is 10.7. The van der Waals surface area contributed by atoms with Gasteiger partial charge in [0.15, 0.2) is 42.0 Å². The third kappa shape index (κ3) is 8.21. The fraction of sp³-hybridized carbons (Fsp3) is 0.500. The highest BCUT2D eigenvalue weighted by molar-refractivity contribution is 7.64. The summed E-state index contributed by atoms with van der Waals surface area (Å²) in [6, 6.07) is 2.83. The van der Waals surface area contributed by atoms with Crippen molar-refractivity contribution in [2.75, 3.05) is 12.3 Å². The van der Waals surface area contributed by atoms with Gasteiger partial charge < -0.3 is 60.3 Å². The Morgan fingerprint density at radius 1 is 1.06 bits per heavy atom. The molecule has 24 nitrogen and oxygen atoms in total. The minimum Gasteiger partial charge on any atom is -0.481 e. The summed E-state index contributed by atoms with van der Waals surface area (Å²) in [4.78, 5) is 62.2. The number of carboxylic acids is 1. The van der Waals surface area contributed by atoms with Crippen LogP contribution in [0.4, 0.5) is 5.82 Å². The molecule has 27 heteroatoms. The largest absolute Gasteiger partial charge is 0.481 e. The van der Waals surface area contributed by atoms with E-state index in [2.05, 4.69) is 23.8 Å². The van der Waals surface area contributed by atoms with Crippen LogP contribution in [-0.2, 0) is 47.7 Å². The standard InChI is InChI=1S/C22H29N6O18P3/c23-18-12-19(25-7-24-18)28(8-26-12)21-16(45-48(37,38)39)13(31)10(43-21)6-42-49(40,41)46-47(35,36)22(34)17-14(32)15(33)20(44-17)27-3-1-2-9(5-27)4-11(29)30/h1-3,5,7-8,10,13-17,20-22,31-34H,4,6H2,(H6-,23,24,25,29,30,35,36,37,38,39,40,41)/p+1/t10-,13-,14+,15-,16-,17-,20-,21-,22?/m1/s1. The number of carbonyl (C=O) groups is 1. The van der Waals surface area contributed by atoms with Gasteiger partial charge in [-0.25, -0.2) is 28.4 Å². The second kappa shape index (κ2) is 14.0. The van der Waals surface area contributed by atoms with Crippen molar-refractivity contribution in [3.05, 3.63) is 42.7 Å². The Kier molecular flexibility index (Phi) is 10.7. The molecule has 49 heavy (non-hydrogen) atoms. The lowest BCUT2D eigenvalue weighted by Crippen LogP contribution is -2.46. The second-order valence-corrected chi connectivity index (χ2v) is 15.4. The average Bonchev–Trinajstić information content (AvgIpc) is 3.65. The Hall–Kier alpha value is -2.86. The quantitative estimate of drug-likeness (QED) is 0.0613. The molecule has 11 N–H and O–H groups in total. The van der Waals surface area contributed by atoms with Crippen LogP contribution in [0.2, 0.25) is 0 Å². The topological polar surface area (TPSA) is 370 Å². The number of anilines is 1. The van der Waals surface area contributed by atoms with E-state index in [1.165, 1.54) is 24.5 Å². The van der Waals surface area contributed by atoms with Crippen LogP contribution >= 0.6 is 23.2 Å². The normalized spacial score (nSPS) is 30.6. The number of nitrogen functional groups attached to an aromatic ring is 1. The number of aliphatic hydroxyl groups excluding tert-OH is 4. The number of rotatable bonds is 13. The van der Waals surface area contributed by atoms with Crippen LogP contribution in [0.25, 0.3) is 11.2 Å². The van der Waals surface area contributed by atoms with Crippen molar-refractivity contribution in [3.8, 4) is 0 Å². The van der Waals surface area contributed by atoms with Gasteiger partial charge in [-0.05, 0) is 6.07 Å². The Labute approximate surface area is 273 Å². The minimum atomic E-state index is -5.70. The van der Waals surface area contributed by atoms with Gasteiger partial charge in [0.25, 0.3) is 6.23 Å². The summed E-state index contributed by atoms with van der Waals surface area (Å²) in [6.45, 7) is -1.14. The third-order valence-corrected chi connectivity index (χ3v) is 11.0. The molecular formula is C22H30N6O18P3+. The molecule has 3 aromatic rings. The van der Waals surface area contributed by atoms with Crippen molar-refractivity contribution in [1.29, 1.82) is 0 Å². The molecule has 0 aliphatic carbocycles. The predicted octanol–water partition coefficient (Wildman–Crippen LogP) is -2.98. The zero-order chi connectivity index (χ0) is 36.1. The first kappa shape index (κ1) is 37.4. The van der Waals surface area contributed by atoms with Crippen molar-refractivity contribution in [2.24, 2.45) is 0 Å². The third-order valence-electron chi connectivity index (χ3n) is 7.29. The highest BCUT2D eigenvalue weighted by Crippen LogP contribution is 2.63. The molecule has 0 spiro atoms. The van der Waals surface area contributed by atoms with Gasteiger partial charge in [0.2, 0.25) is 0 Å². The van der Waals surface area contributed by atoms with E-state index in [1.807, 2.05) is 0 Å². The van der Waals surface area contributed by atoms with Crippen LogP contribution in [0.5, 0.6) is 0 Å². The van der Waals surface area contributed by atoms with Gasteiger partial charge in [-0.15, -0.1) is 0 Å². The molecule has 0 aromatic carbocycles. The summed E-state index contributed by atoms with van der Waals surface area (Å²) >= 11 is 0.